The Morgan fingerprint density at radius 1 is 1.00 bits per heavy atom. The molecule has 3 rings (SSSR count). The molecule has 0 atom stereocenters. The van der Waals surface area contributed by atoms with Crippen molar-refractivity contribution in [1.82, 2.24) is 9.97 Å². The van der Waals surface area contributed by atoms with E-state index in [0.29, 0.717) is 5.56 Å². The standard InChI is InChI=1S/C25H28N4/c1-5-6-11-24-23(25(29(3)4)28-18(2)27-24)16-19-12-14-20(15-13-19)22-10-8-7-9-21(22)17-26/h7-10,12-15H,5-6,11,16H2,1-4H3. The number of benzene rings is 2. The van der Waals surface area contributed by atoms with E-state index in [9.17, 15) is 5.26 Å². The number of hydrogen-bond acceptors (Lipinski definition) is 4. The average molecular weight is 385 g/mol. The van der Waals surface area contributed by atoms with Gasteiger partial charge in [0.2, 0.25) is 0 Å². The molecule has 29 heavy (non-hydrogen) atoms. The van der Waals surface area contributed by atoms with Crippen molar-refractivity contribution < 1.29 is 0 Å². The Kier molecular flexibility index (Phi) is 6.61. The summed E-state index contributed by atoms with van der Waals surface area (Å²) in [6, 6.07) is 18.5. The van der Waals surface area contributed by atoms with Gasteiger partial charge in [0, 0.05) is 31.8 Å². The molecule has 3 aromatic rings. The van der Waals surface area contributed by atoms with Crippen molar-refractivity contribution in [3.05, 3.63) is 76.7 Å². The van der Waals surface area contributed by atoms with E-state index >= 15 is 0 Å². The molecule has 0 saturated carbocycles. The summed E-state index contributed by atoms with van der Waals surface area (Å²) < 4.78 is 0. The van der Waals surface area contributed by atoms with Crippen molar-refractivity contribution >= 4 is 5.82 Å². The van der Waals surface area contributed by atoms with E-state index in [2.05, 4.69) is 42.2 Å². The zero-order chi connectivity index (χ0) is 20.8. The molecule has 148 valence electrons. The number of nitriles is 1. The second kappa shape index (κ2) is 9.34. The van der Waals surface area contributed by atoms with E-state index in [1.54, 1.807) is 0 Å². The van der Waals surface area contributed by atoms with Crippen molar-refractivity contribution in [3.63, 3.8) is 0 Å². The highest BCUT2D eigenvalue weighted by Crippen LogP contribution is 2.27. The van der Waals surface area contributed by atoms with Gasteiger partial charge in [-0.25, -0.2) is 9.97 Å². The Bertz CT molecular complexity index is 1010. The summed E-state index contributed by atoms with van der Waals surface area (Å²) in [6.45, 7) is 4.17. The molecule has 0 amide bonds. The molecule has 0 saturated heterocycles. The lowest BCUT2D eigenvalue weighted by Gasteiger charge is -2.20. The molecular weight excluding hydrogens is 356 g/mol. The third-order valence-corrected chi connectivity index (χ3v) is 5.07. The van der Waals surface area contributed by atoms with Gasteiger partial charge in [0.05, 0.1) is 11.6 Å². The normalized spacial score (nSPS) is 10.6. The van der Waals surface area contributed by atoms with Crippen LogP contribution >= 0.6 is 0 Å². The fourth-order valence-electron chi connectivity index (χ4n) is 3.58. The highest BCUT2D eigenvalue weighted by molar-refractivity contribution is 5.70. The van der Waals surface area contributed by atoms with Gasteiger partial charge in [0.25, 0.3) is 0 Å². The van der Waals surface area contributed by atoms with Crippen LogP contribution in [0.15, 0.2) is 48.5 Å². The van der Waals surface area contributed by atoms with Crippen LogP contribution in [0, 0.1) is 18.3 Å². The zero-order valence-corrected chi connectivity index (χ0v) is 17.7. The van der Waals surface area contributed by atoms with Gasteiger partial charge in [-0.2, -0.15) is 5.26 Å². The maximum atomic E-state index is 9.37. The fourth-order valence-corrected chi connectivity index (χ4v) is 3.58. The minimum atomic E-state index is 0.698. The molecule has 4 nitrogen and oxygen atoms in total. The maximum Gasteiger partial charge on any atom is 0.135 e. The first-order valence-corrected chi connectivity index (χ1v) is 10.2. The third kappa shape index (κ3) is 4.81. The third-order valence-electron chi connectivity index (χ3n) is 5.07. The van der Waals surface area contributed by atoms with E-state index in [1.807, 2.05) is 45.3 Å². The first kappa shape index (κ1) is 20.5. The van der Waals surface area contributed by atoms with E-state index in [-0.39, 0.29) is 0 Å². The Hall–Kier alpha value is -3.19. The minimum Gasteiger partial charge on any atom is -0.362 e. The molecule has 1 heterocycles. The molecule has 0 spiro atoms. The Morgan fingerprint density at radius 2 is 1.72 bits per heavy atom. The van der Waals surface area contributed by atoms with Crippen LogP contribution in [0.4, 0.5) is 5.82 Å². The molecule has 0 aliphatic carbocycles. The van der Waals surface area contributed by atoms with Crippen LogP contribution in [0.5, 0.6) is 0 Å². The van der Waals surface area contributed by atoms with Crippen LogP contribution in [-0.4, -0.2) is 24.1 Å². The number of anilines is 1. The smallest absolute Gasteiger partial charge is 0.135 e. The fraction of sp³-hybridized carbons (Fsp3) is 0.320. The summed E-state index contributed by atoms with van der Waals surface area (Å²) in [5.41, 5.74) is 6.31. The molecule has 0 unspecified atom stereocenters. The highest BCUT2D eigenvalue weighted by atomic mass is 15.2. The summed E-state index contributed by atoms with van der Waals surface area (Å²) in [5.74, 6) is 1.83. The summed E-state index contributed by atoms with van der Waals surface area (Å²) in [4.78, 5) is 11.5. The van der Waals surface area contributed by atoms with Crippen molar-refractivity contribution in [1.29, 1.82) is 5.26 Å². The number of aromatic nitrogens is 2. The van der Waals surface area contributed by atoms with Gasteiger partial charge in [0.15, 0.2) is 0 Å². The van der Waals surface area contributed by atoms with Crippen molar-refractivity contribution in [2.24, 2.45) is 0 Å². The van der Waals surface area contributed by atoms with E-state index < -0.39 is 0 Å². The van der Waals surface area contributed by atoms with Crippen molar-refractivity contribution in [2.45, 2.75) is 39.5 Å². The number of hydrogen-bond donors (Lipinski definition) is 0. The molecule has 0 fully saturated rings. The summed E-state index contributed by atoms with van der Waals surface area (Å²) in [7, 11) is 4.08. The Morgan fingerprint density at radius 3 is 2.38 bits per heavy atom. The SMILES string of the molecule is CCCCc1nc(C)nc(N(C)C)c1Cc1ccc(-c2ccccc2C#N)cc1. The second-order valence-electron chi connectivity index (χ2n) is 7.55. The Balaban J connectivity index is 1.94. The lowest BCUT2D eigenvalue weighted by molar-refractivity contribution is 0.755. The van der Waals surface area contributed by atoms with Gasteiger partial charge >= 0.3 is 0 Å². The van der Waals surface area contributed by atoms with Gasteiger partial charge in [-0.1, -0.05) is 55.8 Å². The topological polar surface area (TPSA) is 52.8 Å². The monoisotopic (exact) mass is 384 g/mol. The minimum absolute atomic E-state index is 0.698. The zero-order valence-electron chi connectivity index (χ0n) is 17.7. The summed E-state index contributed by atoms with van der Waals surface area (Å²) in [5, 5.41) is 9.37. The van der Waals surface area contributed by atoms with Gasteiger partial charge in [-0.3, -0.25) is 0 Å². The van der Waals surface area contributed by atoms with Gasteiger partial charge < -0.3 is 4.90 Å². The molecule has 2 aromatic carbocycles. The average Bonchev–Trinajstić information content (AvgIpc) is 2.73. The second-order valence-corrected chi connectivity index (χ2v) is 7.55. The largest absolute Gasteiger partial charge is 0.362 e. The van der Waals surface area contributed by atoms with E-state index in [1.165, 1.54) is 11.1 Å². The predicted octanol–water partition coefficient (Wildman–Crippen LogP) is 5.32. The molecule has 0 aliphatic rings. The summed E-state index contributed by atoms with van der Waals surface area (Å²) in [6.07, 6.45) is 4.05. The molecule has 0 radical (unpaired) electrons. The van der Waals surface area contributed by atoms with Crippen LogP contribution in [0.3, 0.4) is 0 Å². The molecule has 1 aromatic heterocycles. The van der Waals surface area contributed by atoms with Gasteiger partial charge in [-0.15, -0.1) is 0 Å². The van der Waals surface area contributed by atoms with Crippen LogP contribution in [0.25, 0.3) is 11.1 Å². The number of aryl methyl sites for hydroxylation is 2. The molecular formula is C25H28N4. The quantitative estimate of drug-likeness (QED) is 0.553. The van der Waals surface area contributed by atoms with Crippen molar-refractivity contribution in [2.75, 3.05) is 19.0 Å². The molecule has 0 N–H and O–H groups in total. The lowest BCUT2D eigenvalue weighted by Crippen LogP contribution is -2.17. The molecule has 0 aliphatic heterocycles. The highest BCUT2D eigenvalue weighted by Gasteiger charge is 2.15. The van der Waals surface area contributed by atoms with Crippen LogP contribution in [0.2, 0.25) is 0 Å². The maximum absolute atomic E-state index is 9.37. The van der Waals surface area contributed by atoms with Crippen LogP contribution in [0.1, 0.15) is 48.0 Å². The number of nitrogens with zero attached hydrogens (tertiary/aromatic N) is 4. The van der Waals surface area contributed by atoms with Crippen molar-refractivity contribution in [3.8, 4) is 17.2 Å². The van der Waals surface area contributed by atoms with Gasteiger partial charge in [0.1, 0.15) is 11.6 Å². The van der Waals surface area contributed by atoms with E-state index in [0.717, 1.165) is 54.1 Å². The molecule has 4 heteroatoms. The molecule has 0 bridgehead atoms. The first-order chi connectivity index (χ1) is 14.0. The summed E-state index contributed by atoms with van der Waals surface area (Å²) >= 11 is 0. The van der Waals surface area contributed by atoms with Crippen LogP contribution in [-0.2, 0) is 12.8 Å². The van der Waals surface area contributed by atoms with Crippen LogP contribution < -0.4 is 4.90 Å². The van der Waals surface area contributed by atoms with E-state index in [4.69, 9.17) is 9.97 Å². The van der Waals surface area contributed by atoms with Gasteiger partial charge in [-0.05, 0) is 42.5 Å². The Labute approximate surface area is 173 Å². The lowest BCUT2D eigenvalue weighted by atomic mass is 9.96. The number of rotatable bonds is 7. The first-order valence-electron chi connectivity index (χ1n) is 10.2. The number of unbranched alkanes of at least 4 members (excludes halogenated alkanes) is 1. The predicted molar refractivity (Wildman–Crippen MR) is 119 cm³/mol.